The van der Waals surface area contributed by atoms with Crippen molar-refractivity contribution in [1.29, 1.82) is 0 Å². The molecule has 1 saturated carbocycles. The van der Waals surface area contributed by atoms with Gasteiger partial charge in [-0.1, -0.05) is 6.92 Å². The van der Waals surface area contributed by atoms with Gasteiger partial charge in [-0.3, -0.25) is 0 Å². The summed E-state index contributed by atoms with van der Waals surface area (Å²) in [6.45, 7) is 9.45. The zero-order chi connectivity index (χ0) is 15.5. The molecular weight excluding hydrogens is 264 g/mol. The Bertz CT molecular complexity index is 483. The first-order chi connectivity index (χ1) is 9.96. The number of rotatable bonds is 8. The van der Waals surface area contributed by atoms with E-state index in [0.717, 1.165) is 36.0 Å². The van der Waals surface area contributed by atoms with Gasteiger partial charge in [0.15, 0.2) is 0 Å². The molecule has 1 aromatic heterocycles. The van der Waals surface area contributed by atoms with E-state index in [1.165, 1.54) is 12.8 Å². The molecule has 0 amide bonds. The molecule has 0 radical (unpaired) electrons. The molecule has 0 saturated heterocycles. The molecule has 118 valence electrons. The summed E-state index contributed by atoms with van der Waals surface area (Å²) < 4.78 is 0. The lowest BCUT2D eigenvalue weighted by molar-refractivity contribution is 0.260. The van der Waals surface area contributed by atoms with Gasteiger partial charge in [0.2, 0.25) is 0 Å². The van der Waals surface area contributed by atoms with Crippen LogP contribution in [0.5, 0.6) is 0 Å². The van der Waals surface area contributed by atoms with Gasteiger partial charge in [-0.2, -0.15) is 0 Å². The largest absolute Gasteiger partial charge is 0.396 e. The molecule has 3 N–H and O–H groups in total. The van der Waals surface area contributed by atoms with E-state index in [1.807, 2.05) is 6.92 Å². The van der Waals surface area contributed by atoms with Gasteiger partial charge in [-0.05, 0) is 46.5 Å². The number of nitrogens with zero attached hydrogens (tertiary/aromatic N) is 2. The molecule has 21 heavy (non-hydrogen) atoms. The lowest BCUT2D eigenvalue weighted by Gasteiger charge is -2.27. The average molecular weight is 292 g/mol. The lowest BCUT2D eigenvalue weighted by atomic mass is 10.0. The molecule has 0 aromatic carbocycles. The van der Waals surface area contributed by atoms with Crippen molar-refractivity contribution in [2.75, 3.05) is 23.8 Å². The van der Waals surface area contributed by atoms with Crippen LogP contribution in [-0.4, -0.2) is 33.8 Å². The summed E-state index contributed by atoms with van der Waals surface area (Å²) in [4.78, 5) is 9.42. The van der Waals surface area contributed by atoms with E-state index in [9.17, 15) is 5.11 Å². The van der Waals surface area contributed by atoms with E-state index in [2.05, 4.69) is 31.4 Å². The molecular formula is C16H28N4O. The van der Waals surface area contributed by atoms with E-state index < -0.39 is 0 Å². The fourth-order valence-corrected chi connectivity index (χ4v) is 2.26. The topological polar surface area (TPSA) is 70.1 Å². The second kappa shape index (κ2) is 6.60. The second-order valence-corrected chi connectivity index (χ2v) is 6.59. The summed E-state index contributed by atoms with van der Waals surface area (Å²) in [5, 5.41) is 16.1. The van der Waals surface area contributed by atoms with Gasteiger partial charge in [-0.15, -0.1) is 0 Å². The van der Waals surface area contributed by atoms with Crippen molar-refractivity contribution in [3.8, 4) is 0 Å². The molecule has 1 heterocycles. The molecule has 0 unspecified atom stereocenters. The summed E-state index contributed by atoms with van der Waals surface area (Å²) >= 11 is 0. The van der Waals surface area contributed by atoms with E-state index in [0.29, 0.717) is 12.3 Å². The van der Waals surface area contributed by atoms with Crippen LogP contribution in [0.4, 0.5) is 11.6 Å². The third kappa shape index (κ3) is 4.30. The number of nitrogens with one attached hydrogen (secondary N) is 2. The van der Waals surface area contributed by atoms with Crippen LogP contribution < -0.4 is 10.6 Å². The first kappa shape index (κ1) is 16.0. The number of aliphatic hydroxyl groups excluding tert-OH is 1. The maximum absolute atomic E-state index is 9.19. The fourth-order valence-electron chi connectivity index (χ4n) is 2.26. The van der Waals surface area contributed by atoms with Crippen molar-refractivity contribution in [3.63, 3.8) is 0 Å². The minimum atomic E-state index is -0.184. The van der Waals surface area contributed by atoms with Crippen molar-refractivity contribution in [2.24, 2.45) is 0 Å². The van der Waals surface area contributed by atoms with Gasteiger partial charge in [0.05, 0.1) is 0 Å². The van der Waals surface area contributed by atoms with E-state index in [1.54, 1.807) is 0 Å². The monoisotopic (exact) mass is 292 g/mol. The predicted molar refractivity (Wildman–Crippen MR) is 86.9 cm³/mol. The van der Waals surface area contributed by atoms with Crippen LogP contribution in [0.25, 0.3) is 0 Å². The standard InChI is InChI=1S/C16H28N4O/c1-5-9-17-13-11(2)14(20-16(3,4)8-10-21)19-15(18-13)12-6-7-12/h12,21H,5-10H2,1-4H3,(H2,17,18,19,20). The maximum Gasteiger partial charge on any atom is 0.136 e. The van der Waals surface area contributed by atoms with Crippen LogP contribution in [0.1, 0.15) is 63.8 Å². The van der Waals surface area contributed by atoms with Crippen LogP contribution in [0.3, 0.4) is 0 Å². The highest BCUT2D eigenvalue weighted by molar-refractivity contribution is 5.58. The smallest absolute Gasteiger partial charge is 0.136 e. The second-order valence-electron chi connectivity index (χ2n) is 6.59. The molecule has 0 spiro atoms. The molecule has 0 atom stereocenters. The third-order valence-electron chi connectivity index (χ3n) is 3.84. The van der Waals surface area contributed by atoms with Crippen LogP contribution in [-0.2, 0) is 0 Å². The summed E-state index contributed by atoms with van der Waals surface area (Å²) in [6.07, 6.45) is 4.14. The fraction of sp³-hybridized carbons (Fsp3) is 0.750. The minimum Gasteiger partial charge on any atom is -0.396 e. The summed E-state index contributed by atoms with van der Waals surface area (Å²) in [7, 11) is 0. The first-order valence-corrected chi connectivity index (χ1v) is 7.98. The zero-order valence-electron chi connectivity index (χ0n) is 13.7. The van der Waals surface area contributed by atoms with Crippen molar-refractivity contribution in [2.45, 2.75) is 64.8 Å². The van der Waals surface area contributed by atoms with Crippen molar-refractivity contribution >= 4 is 11.6 Å². The number of anilines is 2. The van der Waals surface area contributed by atoms with Gasteiger partial charge >= 0.3 is 0 Å². The Labute approximate surface area is 127 Å². The summed E-state index contributed by atoms with van der Waals surface area (Å²) in [5.74, 6) is 3.30. The Morgan fingerprint density at radius 3 is 2.48 bits per heavy atom. The van der Waals surface area contributed by atoms with E-state index >= 15 is 0 Å². The van der Waals surface area contributed by atoms with E-state index in [4.69, 9.17) is 9.97 Å². The molecule has 1 aliphatic rings. The third-order valence-corrected chi connectivity index (χ3v) is 3.84. The Morgan fingerprint density at radius 2 is 1.90 bits per heavy atom. The zero-order valence-corrected chi connectivity index (χ0v) is 13.7. The predicted octanol–water partition coefficient (Wildman–Crippen LogP) is 3.06. The highest BCUT2D eigenvalue weighted by Gasteiger charge is 2.29. The lowest BCUT2D eigenvalue weighted by Crippen LogP contribution is -2.33. The molecule has 5 nitrogen and oxygen atoms in total. The highest BCUT2D eigenvalue weighted by Crippen LogP contribution is 2.39. The summed E-state index contributed by atoms with van der Waals surface area (Å²) in [6, 6.07) is 0. The first-order valence-electron chi connectivity index (χ1n) is 7.98. The number of aliphatic hydroxyl groups is 1. The summed E-state index contributed by atoms with van der Waals surface area (Å²) in [5.41, 5.74) is 0.871. The van der Waals surface area contributed by atoms with Crippen molar-refractivity contribution in [3.05, 3.63) is 11.4 Å². The molecule has 0 bridgehead atoms. The van der Waals surface area contributed by atoms with Crippen LogP contribution >= 0.6 is 0 Å². The van der Waals surface area contributed by atoms with Crippen LogP contribution in [0.2, 0.25) is 0 Å². The Hall–Kier alpha value is -1.36. The normalized spacial score (nSPS) is 15.1. The highest BCUT2D eigenvalue weighted by atomic mass is 16.3. The average Bonchev–Trinajstić information content (AvgIpc) is 3.23. The molecule has 0 aliphatic heterocycles. The van der Waals surface area contributed by atoms with Crippen LogP contribution in [0, 0.1) is 6.92 Å². The molecule has 1 aromatic rings. The Morgan fingerprint density at radius 1 is 1.24 bits per heavy atom. The Kier molecular flexibility index (Phi) is 5.04. The molecule has 5 heteroatoms. The van der Waals surface area contributed by atoms with Gasteiger partial charge < -0.3 is 15.7 Å². The Balaban J connectivity index is 2.27. The van der Waals surface area contributed by atoms with Crippen molar-refractivity contribution in [1.82, 2.24) is 9.97 Å². The molecule has 1 aliphatic carbocycles. The number of hydrogen-bond donors (Lipinski definition) is 3. The van der Waals surface area contributed by atoms with Gasteiger partial charge in [-0.25, -0.2) is 9.97 Å². The SMILES string of the molecule is CCCNc1nc(C2CC2)nc(NC(C)(C)CCO)c1C. The van der Waals surface area contributed by atoms with Gasteiger partial charge in [0.1, 0.15) is 17.5 Å². The van der Waals surface area contributed by atoms with Gasteiger partial charge in [0, 0.05) is 30.2 Å². The molecule has 1 fully saturated rings. The maximum atomic E-state index is 9.19. The van der Waals surface area contributed by atoms with E-state index in [-0.39, 0.29) is 12.1 Å². The molecule has 2 rings (SSSR count). The number of aromatic nitrogens is 2. The van der Waals surface area contributed by atoms with Crippen LogP contribution in [0.15, 0.2) is 0 Å². The van der Waals surface area contributed by atoms with Gasteiger partial charge in [0.25, 0.3) is 0 Å². The van der Waals surface area contributed by atoms with Crippen molar-refractivity contribution < 1.29 is 5.11 Å². The quantitative estimate of drug-likeness (QED) is 0.687. The number of hydrogen-bond acceptors (Lipinski definition) is 5. The minimum absolute atomic E-state index is 0.167.